The average Bonchev–Trinajstić information content (AvgIpc) is 2.37. The molecule has 0 spiro atoms. The summed E-state index contributed by atoms with van der Waals surface area (Å²) in [5, 5.41) is 10.5. The number of anilines is 1. The van der Waals surface area contributed by atoms with Crippen LogP contribution in [0.2, 0.25) is 0 Å². The Labute approximate surface area is 108 Å². The molecule has 0 aromatic heterocycles. The summed E-state index contributed by atoms with van der Waals surface area (Å²) in [5.74, 6) is -0.473. The van der Waals surface area contributed by atoms with Gasteiger partial charge in [0, 0.05) is 28.8 Å². The molecule has 0 bridgehead atoms. The molecule has 1 rings (SSSR count). The fourth-order valence-corrected chi connectivity index (χ4v) is 2.34. The lowest BCUT2D eigenvalue weighted by Gasteiger charge is -2.11. The minimum absolute atomic E-state index is 0.0436. The van der Waals surface area contributed by atoms with Gasteiger partial charge in [0.15, 0.2) is 0 Å². The van der Waals surface area contributed by atoms with Gasteiger partial charge in [-0.3, -0.25) is 9.00 Å². The second kappa shape index (κ2) is 7.23. The number of halogens is 1. The summed E-state index contributed by atoms with van der Waals surface area (Å²) in [6.45, 7) is 1.52. The molecule has 1 amide bonds. The number of hydrogen-bond acceptors (Lipinski definition) is 3. The highest BCUT2D eigenvalue weighted by atomic mass is 32.2. The number of benzene rings is 1. The number of nitrogens with one attached hydrogen (secondary N) is 1. The molecule has 2 N–H and O–H groups in total. The maximum atomic E-state index is 12.7. The van der Waals surface area contributed by atoms with Crippen LogP contribution in [-0.4, -0.2) is 32.8 Å². The van der Waals surface area contributed by atoms with E-state index in [1.807, 2.05) is 0 Å². The number of aliphatic hydroxyl groups excluding tert-OH is 1. The predicted octanol–water partition coefficient (Wildman–Crippen LogP) is 1.28. The van der Waals surface area contributed by atoms with Gasteiger partial charge in [-0.05, 0) is 37.6 Å². The highest BCUT2D eigenvalue weighted by Crippen LogP contribution is 2.10. The van der Waals surface area contributed by atoms with E-state index in [1.54, 1.807) is 6.92 Å². The Hall–Kier alpha value is -1.27. The Bertz CT molecular complexity index is 422. The van der Waals surface area contributed by atoms with Gasteiger partial charge in [-0.25, -0.2) is 4.39 Å². The molecular formula is C12H16FNO3S. The van der Waals surface area contributed by atoms with E-state index in [2.05, 4.69) is 5.32 Å². The van der Waals surface area contributed by atoms with E-state index in [1.165, 1.54) is 24.3 Å². The molecule has 0 radical (unpaired) electrons. The molecule has 0 fully saturated rings. The zero-order valence-corrected chi connectivity index (χ0v) is 10.9. The van der Waals surface area contributed by atoms with Gasteiger partial charge >= 0.3 is 0 Å². The number of amides is 1. The van der Waals surface area contributed by atoms with Crippen molar-refractivity contribution in [1.82, 2.24) is 0 Å². The first kappa shape index (κ1) is 14.8. The monoisotopic (exact) mass is 273 g/mol. The molecule has 1 aromatic carbocycles. The van der Waals surface area contributed by atoms with Crippen molar-refractivity contribution in [3.8, 4) is 0 Å². The molecule has 0 heterocycles. The van der Waals surface area contributed by atoms with E-state index in [4.69, 9.17) is 5.11 Å². The summed E-state index contributed by atoms with van der Waals surface area (Å²) in [6, 6.07) is 5.36. The Balaban J connectivity index is 2.54. The SMILES string of the molecule is CC(C(=O)Nc1ccc(F)cc1)S(=O)CCCO. The van der Waals surface area contributed by atoms with Crippen molar-refractivity contribution in [2.45, 2.75) is 18.6 Å². The first-order valence-corrected chi connectivity index (χ1v) is 6.97. The summed E-state index contributed by atoms with van der Waals surface area (Å²) in [6.07, 6.45) is 0.404. The van der Waals surface area contributed by atoms with Crippen LogP contribution in [0.25, 0.3) is 0 Å². The third-order valence-corrected chi connectivity index (χ3v) is 4.07. The topological polar surface area (TPSA) is 66.4 Å². The van der Waals surface area contributed by atoms with E-state index in [0.29, 0.717) is 12.1 Å². The third kappa shape index (κ3) is 4.54. The fourth-order valence-electron chi connectivity index (χ4n) is 1.28. The van der Waals surface area contributed by atoms with Crippen LogP contribution in [-0.2, 0) is 15.6 Å². The summed E-state index contributed by atoms with van der Waals surface area (Å²) in [5.41, 5.74) is 0.465. The van der Waals surface area contributed by atoms with Crippen molar-refractivity contribution in [1.29, 1.82) is 0 Å². The zero-order chi connectivity index (χ0) is 13.5. The van der Waals surface area contributed by atoms with Crippen LogP contribution in [0.3, 0.4) is 0 Å². The van der Waals surface area contributed by atoms with Crippen molar-refractivity contribution in [2.24, 2.45) is 0 Å². The second-order valence-electron chi connectivity index (χ2n) is 3.80. The molecule has 4 nitrogen and oxygen atoms in total. The number of rotatable bonds is 6. The largest absolute Gasteiger partial charge is 0.396 e. The van der Waals surface area contributed by atoms with Crippen LogP contribution in [0, 0.1) is 5.82 Å². The van der Waals surface area contributed by atoms with Crippen LogP contribution >= 0.6 is 0 Å². The third-order valence-electron chi connectivity index (χ3n) is 2.38. The highest BCUT2D eigenvalue weighted by molar-refractivity contribution is 7.86. The number of carbonyl (C=O) groups excluding carboxylic acids is 1. The van der Waals surface area contributed by atoms with Crippen molar-refractivity contribution < 1.29 is 18.5 Å². The molecule has 2 unspecified atom stereocenters. The van der Waals surface area contributed by atoms with E-state index < -0.39 is 16.0 Å². The van der Waals surface area contributed by atoms with Gasteiger partial charge < -0.3 is 10.4 Å². The summed E-state index contributed by atoms with van der Waals surface area (Å²) < 4.78 is 24.3. The van der Waals surface area contributed by atoms with Crippen LogP contribution in [0.5, 0.6) is 0 Å². The fraction of sp³-hybridized carbons (Fsp3) is 0.417. The Morgan fingerprint density at radius 2 is 2.06 bits per heavy atom. The van der Waals surface area contributed by atoms with E-state index in [0.717, 1.165) is 0 Å². The van der Waals surface area contributed by atoms with Crippen LogP contribution < -0.4 is 5.32 Å². The lowest BCUT2D eigenvalue weighted by atomic mass is 10.3. The van der Waals surface area contributed by atoms with Gasteiger partial charge in [-0.2, -0.15) is 0 Å². The minimum Gasteiger partial charge on any atom is -0.396 e. The first-order valence-electron chi connectivity index (χ1n) is 5.59. The number of aliphatic hydroxyl groups is 1. The van der Waals surface area contributed by atoms with Crippen molar-refractivity contribution >= 4 is 22.4 Å². The molecule has 0 aliphatic carbocycles. The van der Waals surface area contributed by atoms with Crippen LogP contribution in [0.4, 0.5) is 10.1 Å². The molecule has 0 saturated carbocycles. The molecule has 100 valence electrons. The normalized spacial score (nSPS) is 13.9. The maximum absolute atomic E-state index is 12.7. The van der Waals surface area contributed by atoms with E-state index in [9.17, 15) is 13.4 Å². The summed E-state index contributed by atoms with van der Waals surface area (Å²) >= 11 is 0. The smallest absolute Gasteiger partial charge is 0.239 e. The van der Waals surface area contributed by atoms with Gasteiger partial charge in [0.25, 0.3) is 0 Å². The molecular weight excluding hydrogens is 257 g/mol. The van der Waals surface area contributed by atoms with Gasteiger partial charge in [-0.1, -0.05) is 0 Å². The molecule has 0 aliphatic heterocycles. The van der Waals surface area contributed by atoms with Gasteiger partial charge in [0.1, 0.15) is 11.1 Å². The lowest BCUT2D eigenvalue weighted by molar-refractivity contribution is -0.115. The lowest BCUT2D eigenvalue weighted by Crippen LogP contribution is -2.30. The highest BCUT2D eigenvalue weighted by Gasteiger charge is 2.19. The zero-order valence-electron chi connectivity index (χ0n) is 10.1. The second-order valence-corrected chi connectivity index (χ2v) is 5.68. The first-order chi connectivity index (χ1) is 8.54. The molecule has 0 saturated heterocycles. The minimum atomic E-state index is -1.32. The molecule has 1 aromatic rings. The molecule has 0 aliphatic rings. The van der Waals surface area contributed by atoms with E-state index in [-0.39, 0.29) is 24.1 Å². The van der Waals surface area contributed by atoms with Gasteiger partial charge in [0.2, 0.25) is 5.91 Å². The molecule has 18 heavy (non-hydrogen) atoms. The standard InChI is InChI=1S/C12H16FNO3S/c1-9(18(17)8-2-7-15)12(16)14-11-5-3-10(13)4-6-11/h3-6,9,15H,2,7-8H2,1H3,(H,14,16). The van der Waals surface area contributed by atoms with Crippen LogP contribution in [0.1, 0.15) is 13.3 Å². The summed E-state index contributed by atoms with van der Waals surface area (Å²) in [4.78, 5) is 11.7. The van der Waals surface area contributed by atoms with Gasteiger partial charge in [0.05, 0.1) is 0 Å². The Kier molecular flexibility index (Phi) is 5.94. The summed E-state index contributed by atoms with van der Waals surface area (Å²) in [7, 11) is -1.32. The maximum Gasteiger partial charge on any atom is 0.239 e. The predicted molar refractivity (Wildman–Crippen MR) is 69.2 cm³/mol. The Morgan fingerprint density at radius 1 is 1.44 bits per heavy atom. The number of hydrogen-bond donors (Lipinski definition) is 2. The number of carbonyl (C=O) groups is 1. The van der Waals surface area contributed by atoms with Crippen LogP contribution in [0.15, 0.2) is 24.3 Å². The molecule has 6 heteroatoms. The Morgan fingerprint density at radius 3 is 2.61 bits per heavy atom. The average molecular weight is 273 g/mol. The molecule has 2 atom stereocenters. The van der Waals surface area contributed by atoms with Gasteiger partial charge in [-0.15, -0.1) is 0 Å². The van der Waals surface area contributed by atoms with Crippen molar-refractivity contribution in [3.63, 3.8) is 0 Å². The van der Waals surface area contributed by atoms with E-state index >= 15 is 0 Å². The van der Waals surface area contributed by atoms with Crippen molar-refractivity contribution in [2.75, 3.05) is 17.7 Å². The quantitative estimate of drug-likeness (QED) is 0.820. The van der Waals surface area contributed by atoms with Crippen molar-refractivity contribution in [3.05, 3.63) is 30.1 Å².